The van der Waals surface area contributed by atoms with E-state index in [2.05, 4.69) is 11.2 Å². The normalized spacial score (nSPS) is 8.44. The zero-order valence-corrected chi connectivity index (χ0v) is 5.05. The molecule has 0 atom stereocenters. The highest BCUT2D eigenvalue weighted by Crippen LogP contribution is 1.98. The molecule has 1 rings (SSSR count). The number of nitriles is 1. The lowest BCUT2D eigenvalue weighted by Crippen LogP contribution is -1.84. The van der Waals surface area contributed by atoms with Crippen LogP contribution in [0.3, 0.4) is 0 Å². The van der Waals surface area contributed by atoms with E-state index in [-0.39, 0.29) is 0 Å². The molecule has 0 saturated carbocycles. The lowest BCUT2D eigenvalue weighted by molar-refractivity contribution is 1.20. The van der Waals surface area contributed by atoms with Gasteiger partial charge in [0.1, 0.15) is 11.8 Å². The molecule has 0 fully saturated rings. The van der Waals surface area contributed by atoms with Crippen molar-refractivity contribution >= 4 is 0 Å². The van der Waals surface area contributed by atoms with Crippen LogP contribution in [0.4, 0.5) is 0 Å². The molecule has 0 N–H and O–H groups in total. The summed E-state index contributed by atoms with van der Waals surface area (Å²) >= 11 is 0. The molecule has 0 amide bonds. The fourth-order valence-electron chi connectivity index (χ4n) is 0.544. The second-order valence-electron chi connectivity index (χ2n) is 1.72. The van der Waals surface area contributed by atoms with Crippen molar-refractivity contribution in [2.45, 2.75) is 6.92 Å². The van der Waals surface area contributed by atoms with E-state index >= 15 is 0 Å². The molecule has 0 saturated heterocycles. The molecule has 1 radical (unpaired) electrons. The Bertz CT molecular complexity index is 247. The number of pyridine rings is 1. The third kappa shape index (κ3) is 1.06. The van der Waals surface area contributed by atoms with Gasteiger partial charge in [-0.05, 0) is 18.6 Å². The van der Waals surface area contributed by atoms with Crippen LogP contribution in [-0.4, -0.2) is 4.98 Å². The van der Waals surface area contributed by atoms with Gasteiger partial charge in [0, 0.05) is 0 Å². The summed E-state index contributed by atoms with van der Waals surface area (Å²) in [5.74, 6) is 0. The summed E-state index contributed by atoms with van der Waals surface area (Å²) in [7, 11) is 0. The monoisotopic (exact) mass is 117 g/mol. The van der Waals surface area contributed by atoms with Crippen molar-refractivity contribution < 1.29 is 0 Å². The van der Waals surface area contributed by atoms with E-state index in [9.17, 15) is 0 Å². The van der Waals surface area contributed by atoms with Crippen LogP contribution in [-0.2, 0) is 0 Å². The SMILES string of the molecule is Cc1cc[c]nc1C#N. The van der Waals surface area contributed by atoms with Crippen molar-refractivity contribution in [3.8, 4) is 6.07 Å². The summed E-state index contributed by atoms with van der Waals surface area (Å²) in [5.41, 5.74) is 1.36. The van der Waals surface area contributed by atoms with Crippen LogP contribution in [0.2, 0.25) is 0 Å². The summed E-state index contributed by atoms with van der Waals surface area (Å²) < 4.78 is 0. The van der Waals surface area contributed by atoms with Crippen LogP contribution in [0.1, 0.15) is 11.3 Å². The third-order valence-electron chi connectivity index (χ3n) is 1.06. The number of aryl methyl sites for hydroxylation is 1. The maximum Gasteiger partial charge on any atom is 0.144 e. The molecule has 0 aliphatic heterocycles. The average molecular weight is 117 g/mol. The van der Waals surface area contributed by atoms with E-state index in [1.54, 1.807) is 6.07 Å². The van der Waals surface area contributed by atoms with Crippen molar-refractivity contribution in [3.63, 3.8) is 0 Å². The number of hydrogen-bond acceptors (Lipinski definition) is 2. The quantitative estimate of drug-likeness (QED) is 0.509. The van der Waals surface area contributed by atoms with Gasteiger partial charge in [-0.1, -0.05) is 6.07 Å². The number of nitrogens with zero attached hydrogens (tertiary/aromatic N) is 2. The highest BCUT2D eigenvalue weighted by Gasteiger charge is 1.92. The molecule has 0 aliphatic rings. The largest absolute Gasteiger partial charge is 0.235 e. The second kappa shape index (κ2) is 2.27. The first kappa shape index (κ1) is 5.77. The summed E-state index contributed by atoms with van der Waals surface area (Å²) in [6, 6.07) is 5.45. The first-order chi connectivity index (χ1) is 4.34. The minimum absolute atomic E-state index is 0.456. The van der Waals surface area contributed by atoms with Crippen molar-refractivity contribution in [2.75, 3.05) is 0 Å². The molecule has 9 heavy (non-hydrogen) atoms. The fraction of sp³-hybridized carbons (Fsp3) is 0.143. The second-order valence-corrected chi connectivity index (χ2v) is 1.72. The first-order valence-electron chi connectivity index (χ1n) is 2.58. The molecule has 1 aromatic rings. The molecule has 1 heterocycles. The van der Waals surface area contributed by atoms with Crippen molar-refractivity contribution in [1.82, 2.24) is 4.98 Å². The molecule has 0 unspecified atom stereocenters. The van der Waals surface area contributed by atoms with Crippen molar-refractivity contribution in [2.24, 2.45) is 0 Å². The summed E-state index contributed by atoms with van der Waals surface area (Å²) in [4.78, 5) is 3.71. The van der Waals surface area contributed by atoms with E-state index in [1.165, 1.54) is 0 Å². The maximum atomic E-state index is 8.39. The van der Waals surface area contributed by atoms with Gasteiger partial charge in [-0.2, -0.15) is 5.26 Å². The molecular weight excluding hydrogens is 112 g/mol. The maximum absolute atomic E-state index is 8.39. The van der Waals surface area contributed by atoms with Crippen LogP contribution >= 0.6 is 0 Å². The van der Waals surface area contributed by atoms with Crippen molar-refractivity contribution in [3.05, 3.63) is 29.6 Å². The highest BCUT2D eigenvalue weighted by atomic mass is 14.7. The van der Waals surface area contributed by atoms with Crippen LogP contribution < -0.4 is 0 Å². The highest BCUT2D eigenvalue weighted by molar-refractivity contribution is 5.28. The van der Waals surface area contributed by atoms with Gasteiger partial charge in [-0.25, -0.2) is 4.98 Å². The van der Waals surface area contributed by atoms with Crippen LogP contribution in [0, 0.1) is 24.5 Å². The molecule has 2 heteroatoms. The molecule has 0 aliphatic carbocycles. The lowest BCUT2D eigenvalue weighted by Gasteiger charge is -1.89. The van der Waals surface area contributed by atoms with Crippen LogP contribution in [0.5, 0.6) is 0 Å². The Labute approximate surface area is 53.8 Å². The van der Waals surface area contributed by atoms with Gasteiger partial charge in [0.2, 0.25) is 0 Å². The lowest BCUT2D eigenvalue weighted by atomic mass is 10.2. The first-order valence-corrected chi connectivity index (χ1v) is 2.58. The smallest absolute Gasteiger partial charge is 0.144 e. The third-order valence-corrected chi connectivity index (χ3v) is 1.06. The average Bonchev–Trinajstić information content (AvgIpc) is 1.89. The minimum atomic E-state index is 0.456. The predicted octanol–water partition coefficient (Wildman–Crippen LogP) is 1.06. The van der Waals surface area contributed by atoms with Crippen LogP contribution in [0.25, 0.3) is 0 Å². The molecular formula is C7H5N2. The number of aromatic nitrogens is 1. The van der Waals surface area contributed by atoms with Gasteiger partial charge in [0.15, 0.2) is 0 Å². The topological polar surface area (TPSA) is 36.7 Å². The summed E-state index contributed by atoms with van der Waals surface area (Å²) in [5, 5.41) is 8.39. The zero-order valence-electron chi connectivity index (χ0n) is 5.05. The van der Waals surface area contributed by atoms with E-state index in [0.29, 0.717) is 5.69 Å². The Morgan fingerprint density at radius 1 is 1.78 bits per heavy atom. The number of hydrogen-bond donors (Lipinski definition) is 0. The Hall–Kier alpha value is -1.36. The van der Waals surface area contributed by atoms with E-state index < -0.39 is 0 Å². The Morgan fingerprint density at radius 2 is 2.56 bits per heavy atom. The summed E-state index contributed by atoms with van der Waals surface area (Å²) in [6.45, 7) is 1.85. The zero-order chi connectivity index (χ0) is 6.69. The number of rotatable bonds is 0. The minimum Gasteiger partial charge on any atom is -0.235 e. The molecule has 43 valence electrons. The van der Waals surface area contributed by atoms with Gasteiger partial charge in [0.25, 0.3) is 0 Å². The Balaban J connectivity index is 3.20. The Kier molecular flexibility index (Phi) is 1.46. The van der Waals surface area contributed by atoms with Gasteiger partial charge < -0.3 is 0 Å². The Morgan fingerprint density at radius 3 is 3.00 bits per heavy atom. The van der Waals surface area contributed by atoms with E-state index in [0.717, 1.165) is 5.56 Å². The molecule has 0 spiro atoms. The standard InChI is InChI=1S/C7H5N2/c1-6-3-2-4-9-7(6)5-8/h2-3H,1H3. The van der Waals surface area contributed by atoms with Gasteiger partial charge in [-0.3, -0.25) is 0 Å². The fourth-order valence-corrected chi connectivity index (χ4v) is 0.544. The van der Waals surface area contributed by atoms with Gasteiger partial charge in [0.05, 0.1) is 6.20 Å². The summed E-state index contributed by atoms with van der Waals surface area (Å²) in [6.07, 6.45) is 2.58. The van der Waals surface area contributed by atoms with Gasteiger partial charge >= 0.3 is 0 Å². The molecule has 0 bridgehead atoms. The predicted molar refractivity (Wildman–Crippen MR) is 32.5 cm³/mol. The van der Waals surface area contributed by atoms with Gasteiger partial charge in [-0.15, -0.1) is 0 Å². The molecule has 1 aromatic heterocycles. The molecule has 0 aromatic carbocycles. The van der Waals surface area contributed by atoms with E-state index in [1.807, 2.05) is 19.1 Å². The van der Waals surface area contributed by atoms with E-state index in [4.69, 9.17) is 5.26 Å². The van der Waals surface area contributed by atoms with Crippen LogP contribution in [0.15, 0.2) is 12.1 Å². The van der Waals surface area contributed by atoms with Crippen molar-refractivity contribution in [1.29, 1.82) is 5.26 Å². The molecule has 2 nitrogen and oxygen atoms in total.